The number of thioether (sulfide) groups is 1. The molecule has 1 rings (SSSR count). The fourth-order valence-corrected chi connectivity index (χ4v) is 5.82. The van der Waals surface area contributed by atoms with Gasteiger partial charge in [0.15, 0.2) is 0 Å². The zero-order valence-corrected chi connectivity index (χ0v) is 23.4. The van der Waals surface area contributed by atoms with Crippen LogP contribution in [0.5, 0.6) is 0 Å². The Hall–Kier alpha value is -0.800. The molecule has 0 amide bonds. The molecule has 0 fully saturated rings. The maximum Gasteiger partial charge on any atom is 0.474 e. The molecule has 33 heavy (non-hydrogen) atoms. The van der Waals surface area contributed by atoms with Crippen molar-refractivity contribution in [3.63, 3.8) is 0 Å². The van der Waals surface area contributed by atoms with E-state index in [1.54, 1.807) is 11.8 Å². The molecule has 1 aromatic carbocycles. The summed E-state index contributed by atoms with van der Waals surface area (Å²) in [5.41, 5.74) is 0.971. The Morgan fingerprint density at radius 1 is 1.09 bits per heavy atom. The van der Waals surface area contributed by atoms with Gasteiger partial charge in [0.1, 0.15) is 19.8 Å². The SMILES string of the molecule is CCC(CC)(SC(=S)c1ccccc1)C(C)C(=O)OCCOP(=O)(OC)OCC[N+](C)(C)C. The van der Waals surface area contributed by atoms with Crippen molar-refractivity contribution in [3.8, 4) is 0 Å². The minimum absolute atomic E-state index is 0.0491. The van der Waals surface area contributed by atoms with Gasteiger partial charge in [0.25, 0.3) is 0 Å². The summed E-state index contributed by atoms with van der Waals surface area (Å²) in [7, 11) is 3.58. The van der Waals surface area contributed by atoms with Gasteiger partial charge in [-0.3, -0.25) is 18.4 Å². The van der Waals surface area contributed by atoms with Crippen LogP contribution in [0.4, 0.5) is 0 Å². The fourth-order valence-electron chi connectivity index (χ4n) is 3.11. The first kappa shape index (κ1) is 30.2. The van der Waals surface area contributed by atoms with Gasteiger partial charge in [0, 0.05) is 11.9 Å². The molecule has 0 bridgehead atoms. The maximum atomic E-state index is 12.8. The van der Waals surface area contributed by atoms with E-state index >= 15 is 0 Å². The van der Waals surface area contributed by atoms with E-state index < -0.39 is 13.7 Å². The Labute approximate surface area is 208 Å². The molecule has 0 saturated carbocycles. The van der Waals surface area contributed by atoms with Crippen molar-refractivity contribution >= 4 is 42.0 Å². The van der Waals surface area contributed by atoms with Crippen LogP contribution in [0.3, 0.4) is 0 Å². The van der Waals surface area contributed by atoms with Crippen LogP contribution in [0.25, 0.3) is 0 Å². The quantitative estimate of drug-likeness (QED) is 0.101. The van der Waals surface area contributed by atoms with Crippen molar-refractivity contribution in [3.05, 3.63) is 35.9 Å². The van der Waals surface area contributed by atoms with Crippen LogP contribution in [0.1, 0.15) is 39.2 Å². The van der Waals surface area contributed by atoms with Crippen molar-refractivity contribution in [2.24, 2.45) is 5.92 Å². The number of hydrogen-bond donors (Lipinski definition) is 0. The number of phosphoric acid groups is 1. The zero-order valence-electron chi connectivity index (χ0n) is 20.9. The minimum Gasteiger partial charge on any atom is -0.463 e. The number of nitrogens with zero attached hydrogens (tertiary/aromatic N) is 1. The van der Waals surface area contributed by atoms with Gasteiger partial charge >= 0.3 is 13.8 Å². The highest BCUT2D eigenvalue weighted by Crippen LogP contribution is 2.48. The molecule has 0 aliphatic heterocycles. The van der Waals surface area contributed by atoms with Crippen LogP contribution >= 0.6 is 31.8 Å². The average Bonchev–Trinajstić information content (AvgIpc) is 2.79. The molecule has 0 aromatic heterocycles. The number of carbonyl (C=O) groups is 1. The third-order valence-electron chi connectivity index (χ3n) is 5.46. The van der Waals surface area contributed by atoms with E-state index in [0.29, 0.717) is 11.0 Å². The van der Waals surface area contributed by atoms with Crippen LogP contribution < -0.4 is 0 Å². The molecule has 0 saturated heterocycles. The summed E-state index contributed by atoms with van der Waals surface area (Å²) < 4.78 is 34.5. The Morgan fingerprint density at radius 2 is 1.67 bits per heavy atom. The highest BCUT2D eigenvalue weighted by Gasteiger charge is 2.40. The second-order valence-electron chi connectivity index (χ2n) is 8.73. The lowest BCUT2D eigenvalue weighted by Crippen LogP contribution is -2.39. The molecule has 10 heteroatoms. The highest BCUT2D eigenvalue weighted by atomic mass is 32.2. The number of rotatable bonds is 15. The van der Waals surface area contributed by atoms with E-state index in [4.69, 9.17) is 30.5 Å². The molecule has 7 nitrogen and oxygen atoms in total. The summed E-state index contributed by atoms with van der Waals surface area (Å²) in [4.78, 5) is 12.8. The summed E-state index contributed by atoms with van der Waals surface area (Å²) in [6, 6.07) is 9.79. The van der Waals surface area contributed by atoms with E-state index in [9.17, 15) is 9.36 Å². The van der Waals surface area contributed by atoms with Crippen LogP contribution in [0.2, 0.25) is 0 Å². The molecular formula is C23H39NO6PS2+. The van der Waals surface area contributed by atoms with Gasteiger partial charge in [-0.25, -0.2) is 4.57 Å². The van der Waals surface area contributed by atoms with Crippen LogP contribution in [-0.2, 0) is 27.7 Å². The Bertz CT molecular complexity index is 796. The van der Waals surface area contributed by atoms with Gasteiger partial charge in [-0.1, -0.05) is 63.3 Å². The molecule has 0 aliphatic rings. The van der Waals surface area contributed by atoms with E-state index in [0.717, 1.165) is 22.6 Å². The van der Waals surface area contributed by atoms with E-state index in [1.807, 2.05) is 58.4 Å². The molecule has 1 aromatic rings. The Balaban J connectivity index is 2.63. The zero-order chi connectivity index (χ0) is 25.1. The maximum absolute atomic E-state index is 12.8. The first-order valence-electron chi connectivity index (χ1n) is 11.1. The van der Waals surface area contributed by atoms with Crippen molar-refractivity contribution in [1.82, 2.24) is 0 Å². The smallest absolute Gasteiger partial charge is 0.463 e. The van der Waals surface area contributed by atoms with Crippen molar-refractivity contribution in [2.75, 3.05) is 54.6 Å². The standard InChI is InChI=1S/C23H39NO6PS2/c1-8-23(9-2,33-22(32)20-13-11-10-12-14-20)19(3)21(25)28-17-18-30-31(26,27-7)29-16-15-24(4,5)6/h10-14,19H,8-9,15-18H2,1-7H3/q+1. The van der Waals surface area contributed by atoms with Crippen molar-refractivity contribution in [2.45, 2.75) is 38.4 Å². The second-order valence-corrected chi connectivity index (χ2v) is 12.6. The van der Waals surface area contributed by atoms with E-state index in [1.165, 1.54) is 7.11 Å². The topological polar surface area (TPSA) is 71.1 Å². The summed E-state index contributed by atoms with van der Waals surface area (Å²) in [5.74, 6) is -0.738. The molecule has 0 radical (unpaired) electrons. The molecule has 0 aliphatic carbocycles. The average molecular weight is 521 g/mol. The Morgan fingerprint density at radius 3 is 2.18 bits per heavy atom. The van der Waals surface area contributed by atoms with Crippen LogP contribution in [0, 0.1) is 5.92 Å². The summed E-state index contributed by atoms with van der Waals surface area (Å²) in [5, 5.41) is 0. The molecule has 0 N–H and O–H groups in total. The van der Waals surface area contributed by atoms with Crippen LogP contribution in [-0.4, -0.2) is 74.0 Å². The third-order valence-corrected chi connectivity index (χ3v) is 9.15. The van der Waals surface area contributed by atoms with Gasteiger partial charge < -0.3 is 9.22 Å². The number of hydrogen-bond acceptors (Lipinski definition) is 8. The molecule has 2 atom stereocenters. The number of likely N-dealkylation sites (N-methyl/N-ethyl adjacent to an activating group) is 1. The predicted molar refractivity (Wildman–Crippen MR) is 139 cm³/mol. The predicted octanol–water partition coefficient (Wildman–Crippen LogP) is 5.33. The number of ether oxygens (including phenoxy) is 1. The van der Waals surface area contributed by atoms with Crippen molar-refractivity contribution < 1.29 is 32.2 Å². The number of benzene rings is 1. The highest BCUT2D eigenvalue weighted by molar-refractivity contribution is 8.24. The lowest BCUT2D eigenvalue weighted by atomic mass is 9.88. The number of phosphoric ester groups is 1. The Kier molecular flexibility index (Phi) is 12.8. The summed E-state index contributed by atoms with van der Waals surface area (Å²) in [6.07, 6.45) is 1.51. The largest absolute Gasteiger partial charge is 0.474 e. The van der Waals surface area contributed by atoms with E-state index in [2.05, 4.69) is 13.8 Å². The summed E-state index contributed by atoms with van der Waals surface area (Å²) in [6.45, 7) is 6.70. The number of quaternary nitrogens is 1. The molecule has 2 unspecified atom stereocenters. The summed E-state index contributed by atoms with van der Waals surface area (Å²) >= 11 is 7.21. The normalized spacial score (nSPS) is 15.0. The lowest BCUT2D eigenvalue weighted by molar-refractivity contribution is -0.870. The fraction of sp³-hybridized carbons (Fsp3) is 0.652. The van der Waals surface area contributed by atoms with Gasteiger partial charge in [-0.05, 0) is 18.4 Å². The molecule has 0 heterocycles. The first-order valence-corrected chi connectivity index (χ1v) is 13.8. The molecule has 0 spiro atoms. The third kappa shape index (κ3) is 10.1. The molecular weight excluding hydrogens is 481 g/mol. The van der Waals surface area contributed by atoms with Crippen molar-refractivity contribution in [1.29, 1.82) is 0 Å². The van der Waals surface area contributed by atoms with Crippen LogP contribution in [0.15, 0.2) is 30.3 Å². The number of esters is 1. The van der Waals surface area contributed by atoms with Gasteiger partial charge in [0.2, 0.25) is 0 Å². The van der Waals surface area contributed by atoms with Gasteiger partial charge in [-0.15, -0.1) is 11.8 Å². The lowest BCUT2D eigenvalue weighted by Gasteiger charge is -2.36. The first-order chi connectivity index (χ1) is 15.4. The monoisotopic (exact) mass is 520 g/mol. The molecule has 188 valence electrons. The number of thiocarbonyl (C=S) groups is 1. The van der Waals surface area contributed by atoms with Gasteiger partial charge in [0.05, 0.1) is 37.9 Å². The van der Waals surface area contributed by atoms with Gasteiger partial charge in [-0.2, -0.15) is 0 Å². The number of carbonyl (C=O) groups excluding carboxylic acids is 1. The second kappa shape index (κ2) is 13.9. The van der Waals surface area contributed by atoms with E-state index in [-0.39, 0.29) is 30.5 Å². The minimum atomic E-state index is -3.69.